The van der Waals surface area contributed by atoms with Crippen LogP contribution in [0.4, 0.5) is 10.5 Å². The lowest BCUT2D eigenvalue weighted by Gasteiger charge is -2.32. The van der Waals surface area contributed by atoms with Crippen molar-refractivity contribution in [2.75, 3.05) is 25.0 Å². The number of anilines is 1. The molecule has 7 nitrogen and oxygen atoms in total. The lowest BCUT2D eigenvalue weighted by molar-refractivity contribution is 0.0198. The summed E-state index contributed by atoms with van der Waals surface area (Å²) in [6.07, 6.45) is 3.31. The maximum absolute atomic E-state index is 11.9. The van der Waals surface area contributed by atoms with Crippen LogP contribution in [0.15, 0.2) is 24.4 Å². The standard InChI is InChI=1S/C14H19N5O2/c20-13(16-9-14(21)4-1-5-15-8-14)18-11-2-3-12-10(6-11)7-17-19-12/h2-3,6-7,15,21H,1,4-5,8-9H2,(H,17,19)(H2,16,18,20). The van der Waals surface area contributed by atoms with Crippen molar-refractivity contribution in [2.24, 2.45) is 0 Å². The number of aromatic amines is 1. The van der Waals surface area contributed by atoms with Crippen LogP contribution in [0.1, 0.15) is 12.8 Å². The molecule has 0 spiro atoms. The third-order valence-electron chi connectivity index (χ3n) is 3.73. The van der Waals surface area contributed by atoms with Gasteiger partial charge in [0.05, 0.1) is 17.3 Å². The molecule has 1 saturated heterocycles. The number of aliphatic hydroxyl groups is 1. The van der Waals surface area contributed by atoms with Crippen molar-refractivity contribution in [3.8, 4) is 0 Å². The minimum atomic E-state index is -0.857. The Morgan fingerprint density at radius 2 is 2.38 bits per heavy atom. The SMILES string of the molecule is O=C(NCC1(O)CCCNC1)Nc1ccc2[nH]ncc2c1. The first-order valence-corrected chi connectivity index (χ1v) is 7.06. The number of amides is 2. The average molecular weight is 289 g/mol. The number of urea groups is 1. The Kier molecular flexibility index (Phi) is 3.76. The summed E-state index contributed by atoms with van der Waals surface area (Å²) in [6, 6.07) is 5.18. The van der Waals surface area contributed by atoms with E-state index < -0.39 is 5.60 Å². The predicted octanol–water partition coefficient (Wildman–Crippen LogP) is 0.799. The molecule has 1 unspecified atom stereocenters. The summed E-state index contributed by atoms with van der Waals surface area (Å²) in [5.41, 5.74) is 0.753. The number of aromatic nitrogens is 2. The van der Waals surface area contributed by atoms with Crippen LogP contribution in [0.3, 0.4) is 0 Å². The van der Waals surface area contributed by atoms with E-state index in [4.69, 9.17) is 0 Å². The topological polar surface area (TPSA) is 102 Å². The Morgan fingerprint density at radius 3 is 3.19 bits per heavy atom. The molecule has 3 rings (SSSR count). The number of benzene rings is 1. The van der Waals surface area contributed by atoms with Gasteiger partial charge in [-0.25, -0.2) is 4.79 Å². The van der Waals surface area contributed by atoms with E-state index in [1.807, 2.05) is 12.1 Å². The quantitative estimate of drug-likeness (QED) is 0.577. The van der Waals surface area contributed by atoms with Crippen molar-refractivity contribution in [1.82, 2.24) is 20.8 Å². The number of hydrogen-bond acceptors (Lipinski definition) is 4. The van der Waals surface area contributed by atoms with E-state index in [0.717, 1.165) is 23.9 Å². The van der Waals surface area contributed by atoms with Crippen molar-refractivity contribution in [3.63, 3.8) is 0 Å². The molecule has 2 amide bonds. The Bertz CT molecular complexity index is 633. The molecule has 2 aromatic rings. The van der Waals surface area contributed by atoms with Crippen LogP contribution in [0.5, 0.6) is 0 Å². The lowest BCUT2D eigenvalue weighted by atomic mass is 9.94. The van der Waals surface area contributed by atoms with Crippen LogP contribution >= 0.6 is 0 Å². The van der Waals surface area contributed by atoms with Crippen molar-refractivity contribution >= 4 is 22.6 Å². The van der Waals surface area contributed by atoms with Gasteiger partial charge >= 0.3 is 6.03 Å². The van der Waals surface area contributed by atoms with Crippen molar-refractivity contribution in [2.45, 2.75) is 18.4 Å². The van der Waals surface area contributed by atoms with Crippen LogP contribution < -0.4 is 16.0 Å². The minimum Gasteiger partial charge on any atom is -0.387 e. The zero-order chi connectivity index (χ0) is 14.7. The van der Waals surface area contributed by atoms with Crippen molar-refractivity contribution in [1.29, 1.82) is 0 Å². The van der Waals surface area contributed by atoms with Crippen molar-refractivity contribution in [3.05, 3.63) is 24.4 Å². The second kappa shape index (κ2) is 5.71. The second-order valence-electron chi connectivity index (χ2n) is 5.48. The summed E-state index contributed by atoms with van der Waals surface area (Å²) in [5, 5.41) is 26.6. The molecule has 0 aliphatic carbocycles. The van der Waals surface area contributed by atoms with Crippen LogP contribution in [0.2, 0.25) is 0 Å². The molecule has 7 heteroatoms. The van der Waals surface area contributed by atoms with Gasteiger partial charge in [-0.1, -0.05) is 0 Å². The molecule has 1 aromatic heterocycles. The molecule has 5 N–H and O–H groups in total. The molecule has 0 bridgehead atoms. The van der Waals surface area contributed by atoms with E-state index >= 15 is 0 Å². The highest BCUT2D eigenvalue weighted by molar-refractivity contribution is 5.92. The van der Waals surface area contributed by atoms with E-state index in [9.17, 15) is 9.90 Å². The molecule has 21 heavy (non-hydrogen) atoms. The highest BCUT2D eigenvalue weighted by Crippen LogP contribution is 2.17. The number of piperidine rings is 1. The third kappa shape index (κ3) is 3.32. The van der Waals surface area contributed by atoms with Crippen LogP contribution in [-0.4, -0.2) is 46.6 Å². The number of carbonyl (C=O) groups is 1. The Balaban J connectivity index is 1.55. The first kappa shape index (κ1) is 13.8. The average Bonchev–Trinajstić information content (AvgIpc) is 2.94. The summed E-state index contributed by atoms with van der Waals surface area (Å²) in [5.74, 6) is 0. The Hall–Kier alpha value is -2.12. The van der Waals surface area contributed by atoms with Gasteiger partial charge in [0.25, 0.3) is 0 Å². The number of carbonyl (C=O) groups excluding carboxylic acids is 1. The summed E-state index contributed by atoms with van der Waals surface area (Å²) >= 11 is 0. The fraction of sp³-hybridized carbons (Fsp3) is 0.429. The molecule has 0 radical (unpaired) electrons. The van der Waals surface area contributed by atoms with Gasteiger partial charge in [0.2, 0.25) is 0 Å². The second-order valence-corrected chi connectivity index (χ2v) is 5.48. The van der Waals surface area contributed by atoms with Gasteiger partial charge in [0.15, 0.2) is 0 Å². The number of hydrogen-bond donors (Lipinski definition) is 5. The Morgan fingerprint density at radius 1 is 1.48 bits per heavy atom. The number of nitrogens with one attached hydrogen (secondary N) is 4. The van der Waals surface area contributed by atoms with Crippen LogP contribution in [0.25, 0.3) is 10.9 Å². The van der Waals surface area contributed by atoms with Gasteiger partial charge < -0.3 is 21.1 Å². The first-order chi connectivity index (χ1) is 10.1. The fourth-order valence-corrected chi connectivity index (χ4v) is 2.54. The summed E-state index contributed by atoms with van der Waals surface area (Å²) < 4.78 is 0. The highest BCUT2D eigenvalue weighted by atomic mass is 16.3. The summed E-state index contributed by atoms with van der Waals surface area (Å²) in [7, 11) is 0. The third-order valence-corrected chi connectivity index (χ3v) is 3.73. The molecule has 1 aliphatic heterocycles. The molecule has 2 heterocycles. The van der Waals surface area contributed by atoms with Crippen LogP contribution in [0, 0.1) is 0 Å². The predicted molar refractivity (Wildman–Crippen MR) is 80.2 cm³/mol. The number of rotatable bonds is 3. The van der Waals surface area contributed by atoms with Gasteiger partial charge in [-0.3, -0.25) is 5.10 Å². The van der Waals surface area contributed by atoms with Gasteiger partial charge in [-0.15, -0.1) is 0 Å². The molecular formula is C14H19N5O2. The lowest BCUT2D eigenvalue weighted by Crippen LogP contribution is -2.53. The van der Waals surface area contributed by atoms with Gasteiger partial charge in [0, 0.05) is 24.2 Å². The zero-order valence-corrected chi connectivity index (χ0v) is 11.6. The zero-order valence-electron chi connectivity index (χ0n) is 11.6. The van der Waals surface area contributed by atoms with Gasteiger partial charge in [-0.05, 0) is 37.6 Å². The molecule has 0 saturated carbocycles. The summed E-state index contributed by atoms with van der Waals surface area (Å²) in [6.45, 7) is 1.66. The molecule has 112 valence electrons. The molecule has 1 aliphatic rings. The van der Waals surface area contributed by atoms with E-state index in [1.54, 1.807) is 12.3 Å². The van der Waals surface area contributed by atoms with Gasteiger partial charge in [-0.2, -0.15) is 5.10 Å². The number of fused-ring (bicyclic) bond motifs is 1. The number of β-amino-alcohol motifs (C(OH)–C–C–N with tert-alkyl or cyclic N) is 1. The minimum absolute atomic E-state index is 0.236. The smallest absolute Gasteiger partial charge is 0.319 e. The fourth-order valence-electron chi connectivity index (χ4n) is 2.54. The molecular weight excluding hydrogens is 270 g/mol. The number of nitrogens with zero attached hydrogens (tertiary/aromatic N) is 1. The normalized spacial score (nSPS) is 22.1. The molecule has 1 aromatic carbocycles. The highest BCUT2D eigenvalue weighted by Gasteiger charge is 2.29. The molecule has 1 atom stereocenters. The van der Waals surface area contributed by atoms with E-state index in [2.05, 4.69) is 26.1 Å². The largest absolute Gasteiger partial charge is 0.387 e. The number of H-pyrrole nitrogens is 1. The Labute approximate surface area is 122 Å². The maximum atomic E-state index is 11.9. The molecule has 1 fully saturated rings. The van der Waals surface area contributed by atoms with E-state index in [1.165, 1.54) is 0 Å². The van der Waals surface area contributed by atoms with Crippen molar-refractivity contribution < 1.29 is 9.90 Å². The van der Waals surface area contributed by atoms with E-state index in [-0.39, 0.29) is 12.6 Å². The van der Waals surface area contributed by atoms with Crippen LogP contribution in [-0.2, 0) is 0 Å². The maximum Gasteiger partial charge on any atom is 0.319 e. The van der Waals surface area contributed by atoms with E-state index in [0.29, 0.717) is 18.7 Å². The van der Waals surface area contributed by atoms with Gasteiger partial charge in [0.1, 0.15) is 0 Å². The monoisotopic (exact) mass is 289 g/mol. The first-order valence-electron chi connectivity index (χ1n) is 7.06. The summed E-state index contributed by atoms with van der Waals surface area (Å²) in [4.78, 5) is 11.9.